The average molecular weight is 224 g/mol. The first-order valence-electron chi connectivity index (χ1n) is 4.85. The zero-order chi connectivity index (χ0) is 12.7. The van der Waals surface area contributed by atoms with E-state index in [1.54, 1.807) is 13.0 Å². The second kappa shape index (κ2) is 6.39. The van der Waals surface area contributed by atoms with Gasteiger partial charge in [0, 0.05) is 12.1 Å². The Labute approximate surface area is 94.1 Å². The number of nitrogens with two attached hydrogens (primary N) is 2. The summed E-state index contributed by atoms with van der Waals surface area (Å²) in [5.41, 5.74) is 11.5. The Balaban J connectivity index is 0.00000106. The highest BCUT2D eigenvalue weighted by Gasteiger charge is 2.07. The zero-order valence-electron chi connectivity index (χ0n) is 9.60. The summed E-state index contributed by atoms with van der Waals surface area (Å²) in [6, 6.07) is 4.33. The van der Waals surface area contributed by atoms with Gasteiger partial charge in [0.15, 0.2) is 5.96 Å². The molecule has 0 aliphatic carbocycles. The Morgan fingerprint density at radius 2 is 1.94 bits per heavy atom. The third-order valence-electron chi connectivity index (χ3n) is 1.65. The minimum Gasteiger partial charge on any atom is -0.370 e. The molecule has 88 valence electrons. The second-order valence-electron chi connectivity index (χ2n) is 2.76. The van der Waals surface area contributed by atoms with Gasteiger partial charge < -0.3 is 11.5 Å². The maximum atomic E-state index is 10.4. The number of aryl methyl sites for hydroxylation is 1. The number of non-ortho nitro benzene ring substituents is 1. The highest BCUT2D eigenvalue weighted by molar-refractivity contribution is 5.79. The van der Waals surface area contributed by atoms with Gasteiger partial charge in [0.05, 0.1) is 10.6 Å². The van der Waals surface area contributed by atoms with Crippen LogP contribution in [0.4, 0.5) is 11.4 Å². The van der Waals surface area contributed by atoms with E-state index in [0.29, 0.717) is 5.69 Å². The summed E-state index contributed by atoms with van der Waals surface area (Å²) in [5, 5.41) is 10.4. The molecule has 0 aliphatic rings. The van der Waals surface area contributed by atoms with Crippen LogP contribution in [-0.4, -0.2) is 10.9 Å². The van der Waals surface area contributed by atoms with E-state index in [2.05, 4.69) is 4.99 Å². The smallest absolute Gasteiger partial charge is 0.271 e. The number of nitro benzene ring substituents is 1. The Morgan fingerprint density at radius 3 is 2.38 bits per heavy atom. The number of nitro groups is 1. The van der Waals surface area contributed by atoms with Gasteiger partial charge in [-0.15, -0.1) is 0 Å². The van der Waals surface area contributed by atoms with Crippen molar-refractivity contribution in [3.63, 3.8) is 0 Å². The van der Waals surface area contributed by atoms with Gasteiger partial charge in [-0.1, -0.05) is 19.9 Å². The Kier molecular flexibility index (Phi) is 5.55. The van der Waals surface area contributed by atoms with E-state index in [1.807, 2.05) is 13.8 Å². The molecule has 0 spiro atoms. The first-order chi connectivity index (χ1) is 7.50. The van der Waals surface area contributed by atoms with E-state index in [4.69, 9.17) is 11.5 Å². The highest BCUT2D eigenvalue weighted by atomic mass is 16.6. The molecule has 1 rings (SSSR count). The Morgan fingerprint density at radius 1 is 1.38 bits per heavy atom. The Bertz CT molecular complexity index is 398. The van der Waals surface area contributed by atoms with E-state index in [1.165, 1.54) is 12.1 Å². The number of rotatable bonds is 2. The summed E-state index contributed by atoms with van der Waals surface area (Å²) in [4.78, 5) is 13.7. The van der Waals surface area contributed by atoms with Crippen molar-refractivity contribution in [2.45, 2.75) is 20.8 Å². The standard InChI is InChI=1S/C8H10N4O2.C2H6/c1-5-2-3-6(12(13)14)4-7(5)11-8(9)10;1-2/h2-4H,1H3,(H4,9,10,11);1-2H3. The predicted molar refractivity (Wildman–Crippen MR) is 64.7 cm³/mol. The summed E-state index contributed by atoms with van der Waals surface area (Å²) >= 11 is 0. The topological polar surface area (TPSA) is 108 Å². The van der Waals surface area contributed by atoms with Crippen LogP contribution in [-0.2, 0) is 0 Å². The summed E-state index contributed by atoms with van der Waals surface area (Å²) in [5.74, 6) is -0.117. The van der Waals surface area contributed by atoms with Crippen molar-refractivity contribution < 1.29 is 4.92 Å². The fourth-order valence-electron chi connectivity index (χ4n) is 0.971. The maximum Gasteiger partial charge on any atom is 0.271 e. The minimum atomic E-state index is -0.495. The van der Waals surface area contributed by atoms with Crippen molar-refractivity contribution in [1.29, 1.82) is 0 Å². The van der Waals surface area contributed by atoms with Gasteiger partial charge in [0.25, 0.3) is 5.69 Å². The van der Waals surface area contributed by atoms with Gasteiger partial charge in [-0.2, -0.15) is 0 Å². The summed E-state index contributed by atoms with van der Waals surface area (Å²) in [6.45, 7) is 5.77. The van der Waals surface area contributed by atoms with E-state index in [9.17, 15) is 10.1 Å². The molecule has 0 amide bonds. The molecule has 16 heavy (non-hydrogen) atoms. The van der Waals surface area contributed by atoms with Crippen LogP contribution in [0.25, 0.3) is 0 Å². The van der Waals surface area contributed by atoms with Crippen molar-refractivity contribution in [3.05, 3.63) is 33.9 Å². The second-order valence-corrected chi connectivity index (χ2v) is 2.76. The lowest BCUT2D eigenvalue weighted by Gasteiger charge is -1.99. The molecule has 0 bridgehead atoms. The molecule has 6 heteroatoms. The molecule has 0 radical (unpaired) electrons. The average Bonchev–Trinajstić information content (AvgIpc) is 2.23. The van der Waals surface area contributed by atoms with Crippen molar-refractivity contribution >= 4 is 17.3 Å². The molecule has 1 aromatic rings. The van der Waals surface area contributed by atoms with Crippen LogP contribution in [0.5, 0.6) is 0 Å². The molecule has 1 aromatic carbocycles. The molecule has 0 aliphatic heterocycles. The molecule has 0 unspecified atom stereocenters. The molecular weight excluding hydrogens is 208 g/mol. The monoisotopic (exact) mass is 224 g/mol. The molecule has 0 heterocycles. The predicted octanol–water partition coefficient (Wildman–Crippen LogP) is 1.83. The fourth-order valence-corrected chi connectivity index (χ4v) is 0.971. The minimum absolute atomic E-state index is 0.0319. The van der Waals surface area contributed by atoms with E-state index >= 15 is 0 Å². The number of benzene rings is 1. The fraction of sp³-hybridized carbons (Fsp3) is 0.300. The summed E-state index contributed by atoms with van der Waals surface area (Å²) in [6.07, 6.45) is 0. The van der Waals surface area contributed by atoms with Gasteiger partial charge in [0.1, 0.15) is 0 Å². The molecule has 0 aromatic heterocycles. The van der Waals surface area contributed by atoms with Crippen molar-refractivity contribution in [3.8, 4) is 0 Å². The van der Waals surface area contributed by atoms with Gasteiger partial charge in [-0.05, 0) is 12.5 Å². The van der Waals surface area contributed by atoms with Gasteiger partial charge >= 0.3 is 0 Å². The largest absolute Gasteiger partial charge is 0.370 e. The van der Waals surface area contributed by atoms with Crippen molar-refractivity contribution in [1.82, 2.24) is 0 Å². The van der Waals surface area contributed by atoms with Crippen LogP contribution in [0.1, 0.15) is 19.4 Å². The normalized spacial score (nSPS) is 8.69. The molecular formula is C10H16N4O2. The van der Waals surface area contributed by atoms with Gasteiger partial charge in [-0.25, -0.2) is 4.99 Å². The third kappa shape index (κ3) is 3.95. The van der Waals surface area contributed by atoms with Crippen LogP contribution in [0.2, 0.25) is 0 Å². The lowest BCUT2D eigenvalue weighted by Crippen LogP contribution is -2.22. The molecule has 0 fully saturated rings. The molecule has 4 N–H and O–H groups in total. The SMILES string of the molecule is CC.Cc1ccc([N+](=O)[O-])cc1N=C(N)N. The first kappa shape index (κ1) is 13.9. The summed E-state index contributed by atoms with van der Waals surface area (Å²) < 4.78 is 0. The lowest BCUT2D eigenvalue weighted by molar-refractivity contribution is -0.384. The number of hydrogen-bond acceptors (Lipinski definition) is 3. The third-order valence-corrected chi connectivity index (χ3v) is 1.65. The van der Waals surface area contributed by atoms with E-state index in [0.717, 1.165) is 5.56 Å². The number of hydrogen-bond donors (Lipinski definition) is 2. The van der Waals surface area contributed by atoms with Crippen LogP contribution in [0.15, 0.2) is 23.2 Å². The Hall–Kier alpha value is -2.11. The zero-order valence-corrected chi connectivity index (χ0v) is 9.60. The van der Waals surface area contributed by atoms with Crippen molar-refractivity contribution in [2.24, 2.45) is 16.5 Å². The number of guanidine groups is 1. The highest BCUT2D eigenvalue weighted by Crippen LogP contribution is 2.23. The van der Waals surface area contributed by atoms with Gasteiger partial charge in [0.2, 0.25) is 0 Å². The molecule has 0 saturated carbocycles. The van der Waals surface area contributed by atoms with E-state index in [-0.39, 0.29) is 11.6 Å². The first-order valence-corrected chi connectivity index (χ1v) is 4.85. The number of nitrogens with zero attached hydrogens (tertiary/aromatic N) is 2. The van der Waals surface area contributed by atoms with Gasteiger partial charge in [-0.3, -0.25) is 10.1 Å². The maximum absolute atomic E-state index is 10.4. The molecule has 6 nitrogen and oxygen atoms in total. The van der Waals surface area contributed by atoms with Crippen LogP contribution in [0.3, 0.4) is 0 Å². The van der Waals surface area contributed by atoms with Crippen LogP contribution >= 0.6 is 0 Å². The quantitative estimate of drug-likeness (QED) is 0.346. The van der Waals surface area contributed by atoms with E-state index < -0.39 is 4.92 Å². The van der Waals surface area contributed by atoms with Crippen molar-refractivity contribution in [2.75, 3.05) is 0 Å². The summed E-state index contributed by atoms with van der Waals surface area (Å²) in [7, 11) is 0. The molecule has 0 atom stereocenters. The lowest BCUT2D eigenvalue weighted by atomic mass is 10.2. The number of aliphatic imine (C=N–C) groups is 1. The van der Waals surface area contributed by atoms with Crippen LogP contribution < -0.4 is 11.5 Å². The molecule has 0 saturated heterocycles. The van der Waals surface area contributed by atoms with Crippen LogP contribution in [0, 0.1) is 17.0 Å².